The molecule has 0 spiro atoms. The molecule has 0 aromatic carbocycles. The van der Waals surface area contributed by atoms with E-state index in [-0.39, 0.29) is 18.4 Å². The molecule has 0 bridgehead atoms. The van der Waals surface area contributed by atoms with Gasteiger partial charge >= 0.3 is 0 Å². The maximum absolute atomic E-state index is 12.1. The summed E-state index contributed by atoms with van der Waals surface area (Å²) in [4.78, 5) is 25.4. The molecule has 2 rings (SSSR count). The lowest BCUT2D eigenvalue weighted by molar-refractivity contribution is -0.131. The first kappa shape index (κ1) is 14.4. The van der Waals surface area contributed by atoms with E-state index in [1.54, 1.807) is 0 Å². The molecule has 2 aliphatic rings. The van der Waals surface area contributed by atoms with Crippen LogP contribution in [-0.4, -0.2) is 36.3 Å². The molecular weight excluding hydrogens is 240 g/mol. The molecule has 1 saturated carbocycles. The molecule has 2 fully saturated rings. The smallest absolute Gasteiger partial charge is 0.241 e. The van der Waals surface area contributed by atoms with Crippen LogP contribution in [0.15, 0.2) is 0 Å². The Morgan fingerprint density at radius 3 is 2.58 bits per heavy atom. The molecule has 108 valence electrons. The van der Waals surface area contributed by atoms with Gasteiger partial charge in [-0.3, -0.25) is 9.59 Å². The van der Waals surface area contributed by atoms with Gasteiger partial charge in [-0.25, -0.2) is 0 Å². The Labute approximate surface area is 115 Å². The zero-order chi connectivity index (χ0) is 13.9. The number of rotatable bonds is 4. The van der Waals surface area contributed by atoms with Crippen molar-refractivity contribution in [3.8, 4) is 0 Å². The van der Waals surface area contributed by atoms with Crippen LogP contribution in [0.5, 0.6) is 0 Å². The lowest BCUT2D eigenvalue weighted by atomic mass is 9.78. The Bertz CT molecular complexity index is 346. The first-order valence-corrected chi connectivity index (χ1v) is 7.55. The van der Waals surface area contributed by atoms with Crippen molar-refractivity contribution in [1.29, 1.82) is 0 Å². The van der Waals surface area contributed by atoms with Gasteiger partial charge in [0.2, 0.25) is 11.8 Å². The van der Waals surface area contributed by atoms with Crippen molar-refractivity contribution >= 4 is 11.8 Å². The van der Waals surface area contributed by atoms with Crippen LogP contribution in [-0.2, 0) is 9.59 Å². The summed E-state index contributed by atoms with van der Waals surface area (Å²) in [6.07, 6.45) is 6.67. The summed E-state index contributed by atoms with van der Waals surface area (Å²) in [5.74, 6) is 0.751. The number of nitrogens with zero attached hydrogens (tertiary/aromatic N) is 1. The Morgan fingerprint density at radius 1 is 1.26 bits per heavy atom. The fraction of sp³-hybridized carbons (Fsp3) is 0.867. The van der Waals surface area contributed by atoms with E-state index in [1.165, 1.54) is 32.1 Å². The molecule has 0 radical (unpaired) electrons. The van der Waals surface area contributed by atoms with Gasteiger partial charge in [-0.15, -0.1) is 0 Å². The van der Waals surface area contributed by atoms with E-state index < -0.39 is 0 Å². The SMILES string of the molecule is CC(C)CC1(CN2CCC(=O)NCC2=O)CCCC1. The summed E-state index contributed by atoms with van der Waals surface area (Å²) in [6.45, 7) is 6.13. The van der Waals surface area contributed by atoms with E-state index in [2.05, 4.69) is 19.2 Å². The third-order valence-corrected chi connectivity index (χ3v) is 4.43. The molecule has 4 heteroatoms. The van der Waals surface area contributed by atoms with Crippen LogP contribution in [0.1, 0.15) is 52.4 Å². The molecule has 19 heavy (non-hydrogen) atoms. The Kier molecular flexibility index (Phi) is 4.48. The maximum atomic E-state index is 12.1. The largest absolute Gasteiger partial charge is 0.347 e. The summed E-state index contributed by atoms with van der Waals surface area (Å²) >= 11 is 0. The predicted molar refractivity (Wildman–Crippen MR) is 74.6 cm³/mol. The Morgan fingerprint density at radius 2 is 1.95 bits per heavy atom. The van der Waals surface area contributed by atoms with Crippen LogP contribution in [0.3, 0.4) is 0 Å². The molecule has 0 aromatic rings. The number of amides is 2. The number of hydrogen-bond acceptors (Lipinski definition) is 2. The minimum absolute atomic E-state index is 0.000168. The second-order valence-corrected chi connectivity index (χ2v) is 6.65. The molecule has 0 unspecified atom stereocenters. The fourth-order valence-corrected chi connectivity index (χ4v) is 3.73. The number of carbonyl (C=O) groups is 2. The molecule has 1 heterocycles. The highest BCUT2D eigenvalue weighted by atomic mass is 16.2. The normalized spacial score (nSPS) is 23.6. The molecule has 4 nitrogen and oxygen atoms in total. The van der Waals surface area contributed by atoms with Crippen LogP contribution in [0.2, 0.25) is 0 Å². The number of hydrogen-bond donors (Lipinski definition) is 1. The van der Waals surface area contributed by atoms with Gasteiger partial charge < -0.3 is 10.2 Å². The van der Waals surface area contributed by atoms with Gasteiger partial charge in [0.1, 0.15) is 0 Å². The highest BCUT2D eigenvalue weighted by Gasteiger charge is 2.37. The number of nitrogens with one attached hydrogen (secondary N) is 1. The van der Waals surface area contributed by atoms with Crippen molar-refractivity contribution in [1.82, 2.24) is 10.2 Å². The van der Waals surface area contributed by atoms with Crippen molar-refractivity contribution in [3.63, 3.8) is 0 Å². The van der Waals surface area contributed by atoms with Crippen molar-refractivity contribution in [2.75, 3.05) is 19.6 Å². The lowest BCUT2D eigenvalue weighted by Crippen LogP contribution is -2.42. The molecule has 1 N–H and O–H groups in total. The van der Waals surface area contributed by atoms with E-state index >= 15 is 0 Å². The maximum Gasteiger partial charge on any atom is 0.241 e. The molecular formula is C15H26N2O2. The van der Waals surface area contributed by atoms with Gasteiger partial charge in [0.25, 0.3) is 0 Å². The summed E-state index contributed by atoms with van der Waals surface area (Å²) < 4.78 is 0. The fourth-order valence-electron chi connectivity index (χ4n) is 3.73. The topological polar surface area (TPSA) is 49.4 Å². The average molecular weight is 266 g/mol. The molecule has 1 aliphatic heterocycles. The quantitative estimate of drug-likeness (QED) is 0.845. The zero-order valence-corrected chi connectivity index (χ0v) is 12.2. The van der Waals surface area contributed by atoms with Crippen LogP contribution in [0, 0.1) is 11.3 Å². The van der Waals surface area contributed by atoms with Gasteiger partial charge in [-0.1, -0.05) is 26.7 Å². The van der Waals surface area contributed by atoms with Crippen LogP contribution >= 0.6 is 0 Å². The molecule has 1 aliphatic carbocycles. The van der Waals surface area contributed by atoms with E-state index in [4.69, 9.17) is 0 Å². The first-order valence-electron chi connectivity index (χ1n) is 7.55. The van der Waals surface area contributed by atoms with Gasteiger partial charge in [0.15, 0.2) is 0 Å². The minimum atomic E-state index is 0.000168. The third kappa shape index (κ3) is 3.71. The van der Waals surface area contributed by atoms with Gasteiger partial charge in [0, 0.05) is 19.5 Å². The predicted octanol–water partition coefficient (Wildman–Crippen LogP) is 1.94. The second-order valence-electron chi connectivity index (χ2n) is 6.65. The standard InChI is InChI=1S/C15H26N2O2/c1-12(2)9-15(6-3-4-7-15)11-17-8-5-13(18)16-10-14(17)19/h12H,3-11H2,1-2H3,(H,16,18). The van der Waals surface area contributed by atoms with Gasteiger partial charge in [-0.2, -0.15) is 0 Å². The van der Waals surface area contributed by atoms with E-state index in [0.717, 1.165) is 6.54 Å². The second kappa shape index (κ2) is 5.93. The van der Waals surface area contributed by atoms with Crippen LogP contribution < -0.4 is 5.32 Å². The zero-order valence-electron chi connectivity index (χ0n) is 12.2. The summed E-state index contributed by atoms with van der Waals surface area (Å²) in [5.41, 5.74) is 0.303. The lowest BCUT2D eigenvalue weighted by Gasteiger charge is -2.36. The van der Waals surface area contributed by atoms with Crippen molar-refractivity contribution in [2.45, 2.75) is 52.4 Å². The summed E-state index contributed by atoms with van der Waals surface area (Å²) in [7, 11) is 0. The van der Waals surface area contributed by atoms with Gasteiger partial charge in [0.05, 0.1) is 6.54 Å². The molecule has 0 atom stereocenters. The van der Waals surface area contributed by atoms with Gasteiger partial charge in [-0.05, 0) is 30.6 Å². The summed E-state index contributed by atoms with van der Waals surface area (Å²) in [5, 5.41) is 2.67. The van der Waals surface area contributed by atoms with Crippen molar-refractivity contribution in [3.05, 3.63) is 0 Å². The molecule has 2 amide bonds. The van der Waals surface area contributed by atoms with Crippen LogP contribution in [0.25, 0.3) is 0 Å². The number of carbonyl (C=O) groups excluding carboxylic acids is 2. The first-order chi connectivity index (χ1) is 9.01. The van der Waals surface area contributed by atoms with E-state index in [0.29, 0.717) is 24.3 Å². The Hall–Kier alpha value is -1.06. The van der Waals surface area contributed by atoms with E-state index in [9.17, 15) is 9.59 Å². The highest BCUT2D eigenvalue weighted by molar-refractivity contribution is 5.87. The molecule has 0 aromatic heterocycles. The monoisotopic (exact) mass is 266 g/mol. The molecule has 1 saturated heterocycles. The van der Waals surface area contributed by atoms with Crippen molar-refractivity contribution in [2.24, 2.45) is 11.3 Å². The average Bonchev–Trinajstić information content (AvgIpc) is 2.72. The summed E-state index contributed by atoms with van der Waals surface area (Å²) in [6, 6.07) is 0. The van der Waals surface area contributed by atoms with Crippen LogP contribution in [0.4, 0.5) is 0 Å². The highest BCUT2D eigenvalue weighted by Crippen LogP contribution is 2.43. The van der Waals surface area contributed by atoms with Crippen molar-refractivity contribution < 1.29 is 9.59 Å². The van der Waals surface area contributed by atoms with E-state index in [1.807, 2.05) is 4.90 Å². The minimum Gasteiger partial charge on any atom is -0.347 e. The Balaban J connectivity index is 2.03. The third-order valence-electron chi connectivity index (χ3n) is 4.43.